The number of rotatable bonds is 6. The Kier molecular flexibility index (Phi) is 5.39. The van der Waals surface area contributed by atoms with Gasteiger partial charge >= 0.3 is 0 Å². The first-order valence-corrected chi connectivity index (χ1v) is 9.80. The number of para-hydroxylation sites is 1. The van der Waals surface area contributed by atoms with Crippen molar-refractivity contribution in [1.29, 1.82) is 0 Å². The van der Waals surface area contributed by atoms with Gasteiger partial charge in [-0.3, -0.25) is 4.79 Å². The highest BCUT2D eigenvalue weighted by Crippen LogP contribution is 2.37. The van der Waals surface area contributed by atoms with Crippen LogP contribution in [0.4, 0.5) is 5.69 Å². The quantitative estimate of drug-likeness (QED) is 0.823. The van der Waals surface area contributed by atoms with Gasteiger partial charge in [0.05, 0.1) is 25.4 Å². The second-order valence-corrected chi connectivity index (χ2v) is 7.03. The molecule has 0 aliphatic carbocycles. The minimum atomic E-state index is -0.295. The molecule has 1 saturated heterocycles. The standard InChI is InChI=1S/C22H26N2O4/c1-3-27-19-11-10-15(13-20(19)26-2)21-23-18-9-5-4-8-17(18)22(25)24(21)14-16-7-6-12-28-16/h4-5,8-11,13,16,21,23H,3,6-7,12,14H2,1-2H3/t16-,21+/m1/s1. The van der Waals surface area contributed by atoms with E-state index in [0.717, 1.165) is 30.7 Å². The number of methoxy groups -OCH3 is 1. The third kappa shape index (κ3) is 3.52. The van der Waals surface area contributed by atoms with Crippen LogP contribution < -0.4 is 14.8 Å². The number of fused-ring (bicyclic) bond motifs is 1. The van der Waals surface area contributed by atoms with Crippen LogP contribution in [0.15, 0.2) is 42.5 Å². The van der Waals surface area contributed by atoms with Crippen LogP contribution >= 0.6 is 0 Å². The van der Waals surface area contributed by atoms with E-state index in [1.165, 1.54) is 0 Å². The summed E-state index contributed by atoms with van der Waals surface area (Å²) in [5.74, 6) is 1.37. The van der Waals surface area contributed by atoms with Gasteiger partial charge in [-0.1, -0.05) is 18.2 Å². The molecule has 6 heteroatoms. The molecule has 0 spiro atoms. The van der Waals surface area contributed by atoms with E-state index in [0.29, 0.717) is 30.2 Å². The smallest absolute Gasteiger partial charge is 0.257 e. The van der Waals surface area contributed by atoms with Gasteiger partial charge in [-0.15, -0.1) is 0 Å². The molecule has 1 N–H and O–H groups in total. The van der Waals surface area contributed by atoms with Gasteiger partial charge in [-0.2, -0.15) is 0 Å². The molecule has 6 nitrogen and oxygen atoms in total. The Labute approximate surface area is 165 Å². The zero-order chi connectivity index (χ0) is 19.5. The number of ether oxygens (including phenoxy) is 3. The Hall–Kier alpha value is -2.73. The first-order valence-electron chi connectivity index (χ1n) is 9.80. The number of anilines is 1. The summed E-state index contributed by atoms with van der Waals surface area (Å²) >= 11 is 0. The second-order valence-electron chi connectivity index (χ2n) is 7.03. The monoisotopic (exact) mass is 382 g/mol. The van der Waals surface area contributed by atoms with E-state index in [9.17, 15) is 4.79 Å². The van der Waals surface area contributed by atoms with Crippen molar-refractivity contribution in [3.05, 3.63) is 53.6 Å². The first-order chi connectivity index (χ1) is 13.7. The van der Waals surface area contributed by atoms with Crippen molar-refractivity contribution in [1.82, 2.24) is 4.90 Å². The fourth-order valence-corrected chi connectivity index (χ4v) is 3.88. The summed E-state index contributed by atoms with van der Waals surface area (Å²) in [6, 6.07) is 13.4. The number of hydrogen-bond donors (Lipinski definition) is 1. The third-order valence-corrected chi connectivity index (χ3v) is 5.25. The van der Waals surface area contributed by atoms with E-state index < -0.39 is 0 Å². The molecule has 2 aromatic rings. The van der Waals surface area contributed by atoms with Crippen molar-refractivity contribution in [2.45, 2.75) is 32.0 Å². The molecule has 4 rings (SSSR count). The van der Waals surface area contributed by atoms with Crippen LogP contribution in [0.2, 0.25) is 0 Å². The molecule has 2 aliphatic rings. The Balaban J connectivity index is 1.70. The van der Waals surface area contributed by atoms with Crippen molar-refractivity contribution in [3.63, 3.8) is 0 Å². The van der Waals surface area contributed by atoms with Gasteiger partial charge in [-0.05, 0) is 49.6 Å². The fraction of sp³-hybridized carbons (Fsp3) is 0.409. The summed E-state index contributed by atoms with van der Waals surface area (Å²) in [5, 5.41) is 3.52. The molecule has 2 aromatic carbocycles. The van der Waals surface area contributed by atoms with Crippen molar-refractivity contribution in [2.24, 2.45) is 0 Å². The normalized spacial score (nSPS) is 21.2. The van der Waals surface area contributed by atoms with E-state index in [2.05, 4.69) is 5.32 Å². The summed E-state index contributed by atoms with van der Waals surface area (Å²) < 4.78 is 17.0. The zero-order valence-electron chi connectivity index (χ0n) is 16.3. The van der Waals surface area contributed by atoms with Crippen LogP contribution in [0, 0.1) is 0 Å². The summed E-state index contributed by atoms with van der Waals surface area (Å²) in [7, 11) is 1.63. The largest absolute Gasteiger partial charge is 0.493 e. The highest BCUT2D eigenvalue weighted by molar-refractivity contribution is 6.01. The Morgan fingerprint density at radius 1 is 1.21 bits per heavy atom. The Bertz CT molecular complexity index is 848. The minimum Gasteiger partial charge on any atom is -0.493 e. The molecule has 148 valence electrons. The number of amides is 1. The molecule has 0 radical (unpaired) electrons. The average Bonchev–Trinajstić information content (AvgIpc) is 3.24. The Morgan fingerprint density at radius 2 is 2.07 bits per heavy atom. The molecule has 0 unspecified atom stereocenters. The van der Waals surface area contributed by atoms with Gasteiger partial charge < -0.3 is 24.4 Å². The van der Waals surface area contributed by atoms with Crippen LogP contribution in [0.5, 0.6) is 11.5 Å². The SMILES string of the molecule is CCOc1ccc([C@H]2Nc3ccccc3C(=O)N2C[C@H]2CCCO2)cc1OC. The lowest BCUT2D eigenvalue weighted by Crippen LogP contribution is -2.46. The van der Waals surface area contributed by atoms with E-state index >= 15 is 0 Å². The molecule has 2 atom stereocenters. The maximum absolute atomic E-state index is 13.3. The predicted octanol–water partition coefficient (Wildman–Crippen LogP) is 3.84. The second kappa shape index (κ2) is 8.10. The van der Waals surface area contributed by atoms with E-state index in [-0.39, 0.29) is 18.2 Å². The number of hydrogen-bond acceptors (Lipinski definition) is 5. The number of carbonyl (C=O) groups is 1. The number of nitrogens with zero attached hydrogens (tertiary/aromatic N) is 1. The third-order valence-electron chi connectivity index (χ3n) is 5.25. The lowest BCUT2D eigenvalue weighted by Gasteiger charge is -2.39. The van der Waals surface area contributed by atoms with Crippen molar-refractivity contribution in [2.75, 3.05) is 32.2 Å². The van der Waals surface area contributed by atoms with Gasteiger partial charge in [0.1, 0.15) is 6.17 Å². The fourth-order valence-electron chi connectivity index (χ4n) is 3.88. The summed E-state index contributed by atoms with van der Waals surface area (Å²) in [6.45, 7) is 3.82. The summed E-state index contributed by atoms with van der Waals surface area (Å²) in [6.07, 6.45) is 1.79. The molecule has 1 amide bonds. The maximum atomic E-state index is 13.3. The lowest BCUT2D eigenvalue weighted by atomic mass is 10.0. The van der Waals surface area contributed by atoms with Gasteiger partial charge in [-0.25, -0.2) is 0 Å². The average molecular weight is 382 g/mol. The highest BCUT2D eigenvalue weighted by Gasteiger charge is 2.35. The molecule has 1 fully saturated rings. The molecule has 0 saturated carbocycles. The summed E-state index contributed by atoms with van der Waals surface area (Å²) in [5.41, 5.74) is 2.48. The number of carbonyl (C=O) groups excluding carboxylic acids is 1. The minimum absolute atomic E-state index is 0.0164. The molecule has 0 bridgehead atoms. The van der Waals surface area contributed by atoms with Crippen molar-refractivity contribution < 1.29 is 19.0 Å². The molecule has 0 aromatic heterocycles. The van der Waals surface area contributed by atoms with Gasteiger partial charge in [0, 0.05) is 18.8 Å². The van der Waals surface area contributed by atoms with Gasteiger partial charge in [0.2, 0.25) is 0 Å². The zero-order valence-corrected chi connectivity index (χ0v) is 16.3. The molecule has 2 heterocycles. The lowest BCUT2D eigenvalue weighted by molar-refractivity contribution is 0.0426. The maximum Gasteiger partial charge on any atom is 0.257 e. The highest BCUT2D eigenvalue weighted by atomic mass is 16.5. The molecular formula is C22H26N2O4. The van der Waals surface area contributed by atoms with Crippen molar-refractivity contribution in [3.8, 4) is 11.5 Å². The Morgan fingerprint density at radius 3 is 2.82 bits per heavy atom. The van der Waals surface area contributed by atoms with Crippen molar-refractivity contribution >= 4 is 11.6 Å². The first kappa shape index (κ1) is 18.6. The number of benzene rings is 2. The van der Waals surface area contributed by atoms with Gasteiger partial charge in [0.25, 0.3) is 5.91 Å². The van der Waals surface area contributed by atoms with Crippen LogP contribution in [0.1, 0.15) is 41.9 Å². The van der Waals surface area contributed by atoms with E-state index in [1.54, 1.807) is 7.11 Å². The van der Waals surface area contributed by atoms with E-state index in [4.69, 9.17) is 14.2 Å². The predicted molar refractivity (Wildman–Crippen MR) is 107 cm³/mol. The topological polar surface area (TPSA) is 60.0 Å². The summed E-state index contributed by atoms with van der Waals surface area (Å²) in [4.78, 5) is 15.2. The van der Waals surface area contributed by atoms with E-state index in [1.807, 2.05) is 54.3 Å². The van der Waals surface area contributed by atoms with Crippen LogP contribution in [-0.4, -0.2) is 43.8 Å². The van der Waals surface area contributed by atoms with Crippen LogP contribution in [0.25, 0.3) is 0 Å². The molecular weight excluding hydrogens is 356 g/mol. The van der Waals surface area contributed by atoms with Crippen LogP contribution in [0.3, 0.4) is 0 Å². The molecule has 28 heavy (non-hydrogen) atoms. The number of nitrogens with one attached hydrogen (secondary N) is 1. The molecule has 2 aliphatic heterocycles. The van der Waals surface area contributed by atoms with Crippen LogP contribution in [-0.2, 0) is 4.74 Å². The van der Waals surface area contributed by atoms with Gasteiger partial charge in [0.15, 0.2) is 11.5 Å².